The van der Waals surface area contributed by atoms with E-state index in [4.69, 9.17) is 0 Å². The van der Waals surface area contributed by atoms with E-state index in [1.54, 1.807) is 6.07 Å². The van der Waals surface area contributed by atoms with Crippen molar-refractivity contribution in [2.45, 2.75) is 25.3 Å². The summed E-state index contributed by atoms with van der Waals surface area (Å²) < 4.78 is 13.2. The molecule has 1 aliphatic rings. The highest BCUT2D eigenvalue weighted by molar-refractivity contribution is 7.13. The average molecular weight is 392 g/mol. The molecule has 1 unspecified atom stereocenters. The van der Waals surface area contributed by atoms with Gasteiger partial charge in [0.05, 0.1) is 12.1 Å². The molecule has 2 aromatic rings. The Morgan fingerprint density at radius 3 is 2.96 bits per heavy atom. The molecule has 8 heteroatoms. The van der Waals surface area contributed by atoms with E-state index >= 15 is 0 Å². The van der Waals surface area contributed by atoms with E-state index in [9.17, 15) is 9.18 Å². The highest BCUT2D eigenvalue weighted by Gasteiger charge is 2.15. The van der Waals surface area contributed by atoms with Gasteiger partial charge in [-0.3, -0.25) is 4.79 Å². The van der Waals surface area contributed by atoms with Crippen molar-refractivity contribution in [3.05, 3.63) is 41.2 Å². The van der Waals surface area contributed by atoms with Crippen LogP contribution in [-0.4, -0.2) is 30.0 Å². The molecule has 0 bridgehead atoms. The molecule has 1 fully saturated rings. The lowest BCUT2D eigenvalue weighted by molar-refractivity contribution is -0.120. The highest BCUT2D eigenvalue weighted by Crippen LogP contribution is 2.24. The number of hydrogen-bond donors (Lipinski definition) is 2. The molecule has 1 amide bonds. The molecule has 3 rings (SSSR count). The zero-order valence-electron chi connectivity index (χ0n) is 13.0. The van der Waals surface area contributed by atoms with Crippen LogP contribution in [0.1, 0.15) is 18.5 Å². The van der Waals surface area contributed by atoms with Gasteiger partial charge < -0.3 is 10.6 Å². The maximum Gasteiger partial charge on any atom is 0.226 e. The number of nitrogens with zero attached hydrogens (tertiary/aromatic N) is 1. The fourth-order valence-corrected chi connectivity index (χ4v) is 3.35. The number of amides is 1. The average Bonchev–Trinajstić information content (AvgIpc) is 3.16. The highest BCUT2D eigenvalue weighted by atomic mass is 35.5. The number of hydrogen-bond acceptors (Lipinski definition) is 4. The van der Waals surface area contributed by atoms with Crippen LogP contribution < -0.4 is 10.6 Å². The molecule has 0 spiro atoms. The molecule has 1 aromatic carbocycles. The van der Waals surface area contributed by atoms with Gasteiger partial charge in [-0.1, -0.05) is 12.1 Å². The van der Waals surface area contributed by atoms with Gasteiger partial charge in [-0.25, -0.2) is 9.37 Å². The molecule has 0 radical (unpaired) electrons. The van der Waals surface area contributed by atoms with E-state index < -0.39 is 0 Å². The van der Waals surface area contributed by atoms with Crippen LogP contribution in [0.4, 0.5) is 4.39 Å². The molecule has 4 nitrogen and oxygen atoms in total. The summed E-state index contributed by atoms with van der Waals surface area (Å²) in [4.78, 5) is 16.4. The number of carbonyl (C=O) groups excluding carboxylic acids is 1. The van der Waals surface area contributed by atoms with Gasteiger partial charge in [0.1, 0.15) is 10.8 Å². The Labute approximate surface area is 157 Å². The molecule has 1 saturated heterocycles. The van der Waals surface area contributed by atoms with Gasteiger partial charge in [0.15, 0.2) is 0 Å². The molecule has 0 saturated carbocycles. The molecule has 0 aliphatic carbocycles. The number of thiazole rings is 1. The zero-order chi connectivity index (χ0) is 15.4. The molecular formula is C16H20Cl2FN3OS. The largest absolute Gasteiger partial charge is 0.354 e. The van der Waals surface area contributed by atoms with E-state index in [0.29, 0.717) is 12.6 Å². The van der Waals surface area contributed by atoms with Gasteiger partial charge in [-0.2, -0.15) is 0 Å². The topological polar surface area (TPSA) is 54.0 Å². The normalized spacial score (nSPS) is 16.1. The molecule has 24 heavy (non-hydrogen) atoms. The minimum atomic E-state index is -0.281. The predicted molar refractivity (Wildman–Crippen MR) is 99.7 cm³/mol. The number of carbonyl (C=O) groups is 1. The van der Waals surface area contributed by atoms with E-state index in [-0.39, 0.29) is 43.0 Å². The van der Waals surface area contributed by atoms with Crippen molar-refractivity contribution >= 4 is 42.1 Å². The van der Waals surface area contributed by atoms with Crippen LogP contribution in [0, 0.1) is 5.82 Å². The predicted octanol–water partition coefficient (Wildman–Crippen LogP) is 3.20. The van der Waals surface area contributed by atoms with Crippen LogP contribution in [0.5, 0.6) is 0 Å². The summed E-state index contributed by atoms with van der Waals surface area (Å²) in [6.07, 6.45) is 2.54. The third-order valence-corrected chi connectivity index (χ3v) is 4.61. The van der Waals surface area contributed by atoms with E-state index in [1.807, 2.05) is 11.4 Å². The first-order valence-electron chi connectivity index (χ1n) is 7.41. The number of halogens is 3. The molecule has 2 heterocycles. The van der Waals surface area contributed by atoms with Gasteiger partial charge in [0.2, 0.25) is 5.91 Å². The smallest absolute Gasteiger partial charge is 0.226 e. The first kappa shape index (κ1) is 20.8. The Bertz CT molecular complexity index is 662. The fourth-order valence-electron chi connectivity index (χ4n) is 2.54. The third-order valence-electron chi connectivity index (χ3n) is 3.67. The van der Waals surface area contributed by atoms with Crippen molar-refractivity contribution in [2.75, 3.05) is 13.1 Å². The number of nitrogens with one attached hydrogen (secondary N) is 2. The lowest BCUT2D eigenvalue weighted by Gasteiger charge is -2.10. The molecule has 2 N–H and O–H groups in total. The van der Waals surface area contributed by atoms with Crippen molar-refractivity contribution in [3.63, 3.8) is 0 Å². The minimum Gasteiger partial charge on any atom is -0.354 e. The van der Waals surface area contributed by atoms with Crippen molar-refractivity contribution in [1.82, 2.24) is 15.6 Å². The number of rotatable bonds is 5. The summed E-state index contributed by atoms with van der Waals surface area (Å²) in [6.45, 7) is 1.70. The number of benzene rings is 1. The van der Waals surface area contributed by atoms with Gasteiger partial charge in [0, 0.05) is 23.5 Å². The molecule has 1 aliphatic heterocycles. The first-order valence-corrected chi connectivity index (χ1v) is 8.29. The standard InChI is InChI=1S/C16H18FN3OS.2ClH/c17-12-4-1-3-11(7-12)16-20-14(10-22-16)8-15(21)19-9-13-5-2-6-18-13;;/h1,3-4,7,10,13,18H,2,5-6,8-9H2,(H,19,21);2*1H. The van der Waals surface area contributed by atoms with Crippen LogP contribution in [0.15, 0.2) is 29.6 Å². The molecular weight excluding hydrogens is 372 g/mol. The van der Waals surface area contributed by atoms with Crippen LogP contribution in [0.3, 0.4) is 0 Å². The fraction of sp³-hybridized carbons (Fsp3) is 0.375. The summed E-state index contributed by atoms with van der Waals surface area (Å²) in [5.74, 6) is -0.305. The third kappa shape index (κ3) is 5.70. The SMILES string of the molecule is Cl.Cl.O=C(Cc1csc(-c2cccc(F)c2)n1)NCC1CCCN1. The maximum atomic E-state index is 13.2. The molecule has 1 aromatic heterocycles. The minimum absolute atomic E-state index is 0. The lowest BCUT2D eigenvalue weighted by Crippen LogP contribution is -2.37. The Morgan fingerprint density at radius 2 is 2.25 bits per heavy atom. The van der Waals surface area contributed by atoms with Crippen molar-refractivity contribution in [2.24, 2.45) is 0 Å². The molecule has 1 atom stereocenters. The van der Waals surface area contributed by atoms with E-state index in [0.717, 1.165) is 29.2 Å². The summed E-state index contributed by atoms with van der Waals surface area (Å²) >= 11 is 1.43. The van der Waals surface area contributed by atoms with Gasteiger partial charge in [0.25, 0.3) is 0 Å². The number of aromatic nitrogens is 1. The van der Waals surface area contributed by atoms with Crippen LogP contribution in [0.2, 0.25) is 0 Å². The second-order valence-electron chi connectivity index (χ2n) is 5.43. The van der Waals surface area contributed by atoms with Gasteiger partial charge in [-0.05, 0) is 31.5 Å². The maximum absolute atomic E-state index is 13.2. The Kier molecular flexibility index (Phi) is 8.62. The Balaban J connectivity index is 0.00000144. The monoisotopic (exact) mass is 391 g/mol. The molecule has 132 valence electrons. The second-order valence-corrected chi connectivity index (χ2v) is 6.29. The van der Waals surface area contributed by atoms with Crippen molar-refractivity contribution in [1.29, 1.82) is 0 Å². The quantitative estimate of drug-likeness (QED) is 0.822. The van der Waals surface area contributed by atoms with Crippen molar-refractivity contribution < 1.29 is 9.18 Å². The van der Waals surface area contributed by atoms with E-state index in [1.165, 1.54) is 29.9 Å². The van der Waals surface area contributed by atoms with Crippen LogP contribution >= 0.6 is 36.2 Å². The Morgan fingerprint density at radius 1 is 1.42 bits per heavy atom. The summed E-state index contributed by atoms with van der Waals surface area (Å²) in [5.41, 5.74) is 1.47. The van der Waals surface area contributed by atoms with E-state index in [2.05, 4.69) is 15.6 Å². The van der Waals surface area contributed by atoms with Crippen molar-refractivity contribution in [3.8, 4) is 10.6 Å². The van der Waals surface area contributed by atoms with Gasteiger partial charge >= 0.3 is 0 Å². The van der Waals surface area contributed by atoms with Crippen LogP contribution in [0.25, 0.3) is 10.6 Å². The van der Waals surface area contributed by atoms with Gasteiger partial charge in [-0.15, -0.1) is 36.2 Å². The Hall–Kier alpha value is -1.21. The zero-order valence-corrected chi connectivity index (χ0v) is 15.4. The summed E-state index contributed by atoms with van der Waals surface area (Å²) in [6, 6.07) is 6.73. The summed E-state index contributed by atoms with van der Waals surface area (Å²) in [5, 5.41) is 8.87. The second kappa shape index (κ2) is 9.93. The summed E-state index contributed by atoms with van der Waals surface area (Å²) in [7, 11) is 0. The lowest BCUT2D eigenvalue weighted by atomic mass is 10.2. The van der Waals surface area contributed by atoms with Crippen LogP contribution in [-0.2, 0) is 11.2 Å². The first-order chi connectivity index (χ1) is 10.7.